The van der Waals surface area contributed by atoms with Crippen molar-refractivity contribution in [1.82, 2.24) is 14.9 Å². The predicted octanol–water partition coefficient (Wildman–Crippen LogP) is 4.93. The van der Waals surface area contributed by atoms with Gasteiger partial charge in [-0.1, -0.05) is 36.8 Å². The molecule has 33 heavy (non-hydrogen) atoms. The van der Waals surface area contributed by atoms with Crippen LogP contribution in [0.1, 0.15) is 30.9 Å². The van der Waals surface area contributed by atoms with Crippen molar-refractivity contribution < 1.29 is 0 Å². The summed E-state index contributed by atoms with van der Waals surface area (Å²) < 4.78 is 0. The number of anilines is 2. The van der Waals surface area contributed by atoms with E-state index in [0.717, 1.165) is 83.1 Å². The van der Waals surface area contributed by atoms with Crippen LogP contribution in [0.4, 0.5) is 11.6 Å². The molecule has 0 fully saturated rings. The first-order valence-corrected chi connectivity index (χ1v) is 12.0. The SMILES string of the molecule is CCc1ccc2c(c1)c(NCCCN(C)C)nc1c3ccc(C)cc3c(NCCCN)nc21. The molecule has 0 spiro atoms. The molecule has 0 atom stereocenters. The third kappa shape index (κ3) is 5.02. The Morgan fingerprint density at radius 1 is 0.818 bits per heavy atom. The van der Waals surface area contributed by atoms with Gasteiger partial charge in [-0.15, -0.1) is 0 Å². The van der Waals surface area contributed by atoms with Gasteiger partial charge in [0.25, 0.3) is 0 Å². The zero-order valence-electron chi connectivity index (χ0n) is 20.3. The summed E-state index contributed by atoms with van der Waals surface area (Å²) in [7, 11) is 4.21. The average Bonchev–Trinajstić information content (AvgIpc) is 2.81. The Kier molecular flexibility index (Phi) is 7.26. The minimum atomic E-state index is 0.657. The number of hydrogen-bond acceptors (Lipinski definition) is 6. The van der Waals surface area contributed by atoms with Crippen LogP contribution in [-0.2, 0) is 6.42 Å². The maximum atomic E-state index is 5.72. The summed E-state index contributed by atoms with van der Waals surface area (Å²) in [6, 6.07) is 13.2. The van der Waals surface area contributed by atoms with Crippen LogP contribution in [0.3, 0.4) is 0 Å². The van der Waals surface area contributed by atoms with Gasteiger partial charge in [0.15, 0.2) is 0 Å². The van der Waals surface area contributed by atoms with Crippen molar-refractivity contribution in [2.75, 3.05) is 50.9 Å². The van der Waals surface area contributed by atoms with Crippen molar-refractivity contribution in [2.24, 2.45) is 5.73 Å². The fourth-order valence-electron chi connectivity index (χ4n) is 4.28. The number of nitrogens with zero attached hydrogens (tertiary/aromatic N) is 3. The van der Waals surface area contributed by atoms with Gasteiger partial charge in [0.2, 0.25) is 0 Å². The fourth-order valence-corrected chi connectivity index (χ4v) is 4.28. The van der Waals surface area contributed by atoms with Gasteiger partial charge in [-0.05, 0) is 71.1 Å². The smallest absolute Gasteiger partial charge is 0.134 e. The molecule has 6 nitrogen and oxygen atoms in total. The molecule has 4 rings (SSSR count). The lowest BCUT2D eigenvalue weighted by molar-refractivity contribution is 0.405. The van der Waals surface area contributed by atoms with Crippen molar-refractivity contribution >= 4 is 44.2 Å². The molecule has 2 heterocycles. The molecule has 0 aliphatic rings. The van der Waals surface area contributed by atoms with Crippen LogP contribution in [0.15, 0.2) is 36.4 Å². The van der Waals surface area contributed by atoms with Crippen LogP contribution in [0.25, 0.3) is 32.6 Å². The van der Waals surface area contributed by atoms with E-state index in [4.69, 9.17) is 15.7 Å². The minimum absolute atomic E-state index is 0.657. The highest BCUT2D eigenvalue weighted by Crippen LogP contribution is 2.36. The zero-order valence-corrected chi connectivity index (χ0v) is 20.3. The molecule has 6 heteroatoms. The summed E-state index contributed by atoms with van der Waals surface area (Å²) in [5.74, 6) is 1.85. The average molecular weight is 445 g/mol. The lowest BCUT2D eigenvalue weighted by Crippen LogP contribution is -2.16. The van der Waals surface area contributed by atoms with E-state index in [9.17, 15) is 0 Å². The van der Waals surface area contributed by atoms with Crippen LogP contribution in [0.5, 0.6) is 0 Å². The maximum Gasteiger partial charge on any atom is 0.134 e. The van der Waals surface area contributed by atoms with E-state index < -0.39 is 0 Å². The van der Waals surface area contributed by atoms with Crippen LogP contribution in [-0.4, -0.2) is 55.1 Å². The highest BCUT2D eigenvalue weighted by atomic mass is 15.1. The zero-order chi connectivity index (χ0) is 23.4. The largest absolute Gasteiger partial charge is 0.369 e. The van der Waals surface area contributed by atoms with Crippen molar-refractivity contribution in [3.05, 3.63) is 47.5 Å². The molecule has 0 radical (unpaired) electrons. The highest BCUT2D eigenvalue weighted by Gasteiger charge is 2.16. The monoisotopic (exact) mass is 444 g/mol. The molecule has 0 unspecified atom stereocenters. The second-order valence-electron chi connectivity index (χ2n) is 9.05. The first-order chi connectivity index (χ1) is 16.0. The number of rotatable bonds is 10. The number of benzene rings is 2. The molecule has 4 aromatic rings. The molecule has 0 aliphatic carbocycles. The molecular weight excluding hydrogens is 408 g/mol. The second kappa shape index (κ2) is 10.3. The summed E-state index contributed by atoms with van der Waals surface area (Å²) in [6.07, 6.45) is 2.95. The summed E-state index contributed by atoms with van der Waals surface area (Å²) >= 11 is 0. The molecular formula is C27H36N6. The van der Waals surface area contributed by atoms with E-state index in [2.05, 4.69) is 79.9 Å². The van der Waals surface area contributed by atoms with Gasteiger partial charge in [-0.2, -0.15) is 0 Å². The number of fused-ring (bicyclic) bond motifs is 5. The Morgan fingerprint density at radius 3 is 2.03 bits per heavy atom. The molecule has 4 N–H and O–H groups in total. The number of aromatic nitrogens is 2. The lowest BCUT2D eigenvalue weighted by atomic mass is 10.0. The van der Waals surface area contributed by atoms with Gasteiger partial charge in [-0.25, -0.2) is 9.97 Å². The molecule has 2 aromatic carbocycles. The van der Waals surface area contributed by atoms with E-state index in [1.807, 2.05) is 0 Å². The molecule has 0 aliphatic heterocycles. The quantitative estimate of drug-likeness (QED) is 0.238. The van der Waals surface area contributed by atoms with Crippen LogP contribution < -0.4 is 16.4 Å². The Morgan fingerprint density at radius 2 is 1.42 bits per heavy atom. The number of hydrogen-bond donors (Lipinski definition) is 3. The Bertz CT molecular complexity index is 1260. The van der Waals surface area contributed by atoms with E-state index in [0.29, 0.717) is 6.54 Å². The normalized spacial score (nSPS) is 11.7. The first kappa shape index (κ1) is 23.2. The number of aryl methyl sites for hydroxylation is 2. The van der Waals surface area contributed by atoms with E-state index in [1.165, 1.54) is 11.1 Å². The number of nitrogens with two attached hydrogens (primary N) is 1. The lowest BCUT2D eigenvalue weighted by Gasteiger charge is -2.17. The van der Waals surface area contributed by atoms with Crippen LogP contribution >= 0.6 is 0 Å². The Hall–Kier alpha value is -2.96. The van der Waals surface area contributed by atoms with Gasteiger partial charge in [-0.3, -0.25) is 0 Å². The summed E-state index contributed by atoms with van der Waals surface area (Å²) in [6.45, 7) is 7.68. The van der Waals surface area contributed by atoms with Crippen molar-refractivity contribution in [3.63, 3.8) is 0 Å². The number of pyridine rings is 2. The van der Waals surface area contributed by atoms with Gasteiger partial charge >= 0.3 is 0 Å². The third-order valence-corrected chi connectivity index (χ3v) is 6.11. The Labute approximate surface area is 196 Å². The van der Waals surface area contributed by atoms with Gasteiger partial charge < -0.3 is 21.3 Å². The molecule has 2 aromatic heterocycles. The van der Waals surface area contributed by atoms with Crippen molar-refractivity contribution in [2.45, 2.75) is 33.1 Å². The van der Waals surface area contributed by atoms with Gasteiger partial charge in [0, 0.05) is 34.6 Å². The molecule has 0 saturated carbocycles. The maximum absolute atomic E-state index is 5.72. The minimum Gasteiger partial charge on any atom is -0.369 e. The second-order valence-corrected chi connectivity index (χ2v) is 9.05. The molecule has 0 bridgehead atoms. The van der Waals surface area contributed by atoms with E-state index >= 15 is 0 Å². The van der Waals surface area contributed by atoms with Crippen molar-refractivity contribution in [1.29, 1.82) is 0 Å². The van der Waals surface area contributed by atoms with E-state index in [1.54, 1.807) is 0 Å². The summed E-state index contributed by atoms with van der Waals surface area (Å²) in [4.78, 5) is 12.5. The standard InChI is InChI=1S/C27H36N6/c1-5-19-9-11-21-23(17-19)27(30-14-7-15-33(3)4)32-24-20-10-8-18(2)16-22(20)26(31-25(21)24)29-13-6-12-28/h8-11,16-17H,5-7,12-15,28H2,1-4H3,(H,29,31)(H,30,32). The fraction of sp³-hybridized carbons (Fsp3) is 0.407. The molecule has 0 saturated heterocycles. The van der Waals surface area contributed by atoms with Crippen LogP contribution in [0.2, 0.25) is 0 Å². The van der Waals surface area contributed by atoms with Gasteiger partial charge in [0.05, 0.1) is 11.0 Å². The molecule has 0 amide bonds. The van der Waals surface area contributed by atoms with Gasteiger partial charge in [0.1, 0.15) is 11.6 Å². The third-order valence-electron chi connectivity index (χ3n) is 6.11. The summed E-state index contributed by atoms with van der Waals surface area (Å²) in [5, 5.41) is 11.7. The summed E-state index contributed by atoms with van der Waals surface area (Å²) in [5.41, 5.74) is 10.1. The van der Waals surface area contributed by atoms with Crippen LogP contribution in [0, 0.1) is 6.92 Å². The predicted molar refractivity (Wildman–Crippen MR) is 142 cm³/mol. The highest BCUT2D eigenvalue weighted by molar-refractivity contribution is 6.18. The molecule has 174 valence electrons. The van der Waals surface area contributed by atoms with E-state index in [-0.39, 0.29) is 0 Å². The first-order valence-electron chi connectivity index (χ1n) is 12.0. The topological polar surface area (TPSA) is 79.1 Å². The van der Waals surface area contributed by atoms with Crippen molar-refractivity contribution in [3.8, 4) is 0 Å². The number of nitrogens with one attached hydrogen (secondary N) is 2. The Balaban J connectivity index is 1.92.